The SMILES string of the molecule is Cc1nc2c(I)c[nH]c(=O)c2[nH]1. The highest BCUT2D eigenvalue weighted by molar-refractivity contribution is 14.1. The average molecular weight is 275 g/mol. The van der Waals surface area contributed by atoms with Crippen LogP contribution in [-0.2, 0) is 0 Å². The van der Waals surface area contributed by atoms with E-state index in [1.165, 1.54) is 0 Å². The van der Waals surface area contributed by atoms with E-state index in [-0.39, 0.29) is 5.56 Å². The van der Waals surface area contributed by atoms with E-state index < -0.39 is 0 Å². The normalized spacial score (nSPS) is 10.8. The zero-order valence-corrected chi connectivity index (χ0v) is 8.47. The molecule has 62 valence electrons. The summed E-state index contributed by atoms with van der Waals surface area (Å²) in [6, 6.07) is 0. The van der Waals surface area contributed by atoms with Crippen LogP contribution in [0.15, 0.2) is 11.0 Å². The molecule has 0 aromatic carbocycles. The molecule has 2 aromatic heterocycles. The van der Waals surface area contributed by atoms with Gasteiger partial charge < -0.3 is 9.97 Å². The van der Waals surface area contributed by atoms with E-state index in [0.717, 1.165) is 14.9 Å². The number of nitrogens with one attached hydrogen (secondary N) is 2. The summed E-state index contributed by atoms with van der Waals surface area (Å²) in [7, 11) is 0. The fourth-order valence-electron chi connectivity index (χ4n) is 1.10. The quantitative estimate of drug-likeness (QED) is 0.709. The Labute approximate surface area is 81.5 Å². The highest BCUT2D eigenvalue weighted by Crippen LogP contribution is 2.13. The number of H-pyrrole nitrogens is 2. The van der Waals surface area contributed by atoms with Gasteiger partial charge in [0.25, 0.3) is 5.56 Å². The maximum absolute atomic E-state index is 11.2. The molecule has 12 heavy (non-hydrogen) atoms. The number of aryl methyl sites for hydroxylation is 1. The Morgan fingerprint density at radius 3 is 3.00 bits per heavy atom. The number of hydrogen-bond donors (Lipinski definition) is 2. The lowest BCUT2D eigenvalue weighted by atomic mass is 10.4. The van der Waals surface area contributed by atoms with Gasteiger partial charge in [-0.25, -0.2) is 4.98 Å². The molecule has 0 saturated carbocycles. The molecule has 0 bridgehead atoms. The van der Waals surface area contributed by atoms with Gasteiger partial charge in [0, 0.05) is 6.20 Å². The van der Waals surface area contributed by atoms with Gasteiger partial charge in [0.1, 0.15) is 16.9 Å². The van der Waals surface area contributed by atoms with Crippen LogP contribution in [0.5, 0.6) is 0 Å². The van der Waals surface area contributed by atoms with Crippen molar-refractivity contribution in [1.29, 1.82) is 0 Å². The van der Waals surface area contributed by atoms with Gasteiger partial charge in [-0.3, -0.25) is 4.79 Å². The summed E-state index contributed by atoms with van der Waals surface area (Å²) in [4.78, 5) is 20.9. The predicted octanol–water partition coefficient (Wildman–Crippen LogP) is 1.16. The molecule has 4 nitrogen and oxygen atoms in total. The number of aromatic amines is 2. The number of pyridine rings is 1. The molecule has 0 radical (unpaired) electrons. The molecule has 0 atom stereocenters. The summed E-state index contributed by atoms with van der Waals surface area (Å²) in [6.07, 6.45) is 1.66. The Balaban J connectivity index is 3.03. The van der Waals surface area contributed by atoms with Gasteiger partial charge >= 0.3 is 0 Å². The van der Waals surface area contributed by atoms with Crippen molar-refractivity contribution >= 4 is 33.6 Å². The van der Waals surface area contributed by atoms with E-state index in [0.29, 0.717) is 5.52 Å². The first-order valence-electron chi connectivity index (χ1n) is 3.42. The highest BCUT2D eigenvalue weighted by atomic mass is 127. The minimum absolute atomic E-state index is 0.119. The van der Waals surface area contributed by atoms with Crippen molar-refractivity contribution in [3.8, 4) is 0 Å². The maximum atomic E-state index is 11.2. The van der Waals surface area contributed by atoms with Crippen LogP contribution in [0.25, 0.3) is 11.0 Å². The summed E-state index contributed by atoms with van der Waals surface area (Å²) in [5.41, 5.74) is 1.18. The van der Waals surface area contributed by atoms with Crippen molar-refractivity contribution in [3.05, 3.63) is 25.9 Å². The van der Waals surface area contributed by atoms with Crippen LogP contribution < -0.4 is 5.56 Å². The van der Waals surface area contributed by atoms with Gasteiger partial charge in [-0.05, 0) is 29.5 Å². The Bertz CT molecular complexity index is 485. The molecule has 2 aromatic rings. The van der Waals surface area contributed by atoms with Gasteiger partial charge in [0.15, 0.2) is 0 Å². The summed E-state index contributed by atoms with van der Waals surface area (Å²) in [5.74, 6) is 0.764. The van der Waals surface area contributed by atoms with Gasteiger partial charge in [0.05, 0.1) is 3.57 Å². The monoisotopic (exact) mass is 275 g/mol. The molecule has 0 saturated heterocycles. The Morgan fingerprint density at radius 2 is 2.33 bits per heavy atom. The van der Waals surface area contributed by atoms with E-state index in [1.807, 2.05) is 6.92 Å². The van der Waals surface area contributed by atoms with E-state index in [2.05, 4.69) is 37.5 Å². The molecule has 0 spiro atoms. The minimum atomic E-state index is -0.119. The lowest BCUT2D eigenvalue weighted by Gasteiger charge is -1.88. The second kappa shape index (κ2) is 2.58. The van der Waals surface area contributed by atoms with E-state index in [1.54, 1.807) is 6.20 Å². The van der Waals surface area contributed by atoms with E-state index >= 15 is 0 Å². The lowest BCUT2D eigenvalue weighted by molar-refractivity contribution is 1.16. The lowest BCUT2D eigenvalue weighted by Crippen LogP contribution is -2.05. The summed E-state index contributed by atoms with van der Waals surface area (Å²) in [5, 5.41) is 0. The maximum Gasteiger partial charge on any atom is 0.273 e. The van der Waals surface area contributed by atoms with Crippen LogP contribution in [0.3, 0.4) is 0 Å². The third kappa shape index (κ3) is 1.04. The summed E-state index contributed by atoms with van der Waals surface area (Å²) in [6.45, 7) is 1.83. The van der Waals surface area contributed by atoms with Gasteiger partial charge in [-0.15, -0.1) is 0 Å². The number of fused-ring (bicyclic) bond motifs is 1. The first kappa shape index (κ1) is 7.78. The molecule has 0 amide bonds. The number of halogens is 1. The first-order chi connectivity index (χ1) is 5.68. The van der Waals surface area contributed by atoms with Crippen LogP contribution in [-0.4, -0.2) is 15.0 Å². The summed E-state index contributed by atoms with van der Waals surface area (Å²) >= 11 is 2.14. The molecular weight excluding hydrogens is 269 g/mol. The smallest absolute Gasteiger partial charge is 0.273 e. The molecule has 2 heterocycles. The Kier molecular flexibility index (Phi) is 1.67. The van der Waals surface area contributed by atoms with E-state index in [4.69, 9.17) is 0 Å². The average Bonchev–Trinajstić information content (AvgIpc) is 2.41. The highest BCUT2D eigenvalue weighted by Gasteiger charge is 2.05. The standard InChI is InChI=1S/C7H6IN3O/c1-3-10-5-4(8)2-9-7(12)6(5)11-3/h2H,1H3,(H,9,12)(H,10,11). The third-order valence-corrected chi connectivity index (χ3v) is 2.43. The van der Waals surface area contributed by atoms with Crippen LogP contribution in [0.4, 0.5) is 0 Å². The van der Waals surface area contributed by atoms with Crippen LogP contribution >= 0.6 is 22.6 Å². The number of hydrogen-bond acceptors (Lipinski definition) is 2. The second-order valence-electron chi connectivity index (χ2n) is 2.51. The summed E-state index contributed by atoms with van der Waals surface area (Å²) < 4.78 is 0.951. The van der Waals surface area contributed by atoms with Crippen molar-refractivity contribution in [2.75, 3.05) is 0 Å². The molecule has 2 N–H and O–H groups in total. The Morgan fingerprint density at radius 1 is 1.58 bits per heavy atom. The van der Waals surface area contributed by atoms with Crippen molar-refractivity contribution in [1.82, 2.24) is 15.0 Å². The molecule has 0 aliphatic heterocycles. The predicted molar refractivity (Wildman–Crippen MR) is 54.2 cm³/mol. The molecule has 2 rings (SSSR count). The number of imidazole rings is 1. The molecule has 0 unspecified atom stereocenters. The zero-order valence-electron chi connectivity index (χ0n) is 6.31. The van der Waals surface area contributed by atoms with Crippen LogP contribution in [0.2, 0.25) is 0 Å². The van der Waals surface area contributed by atoms with Crippen molar-refractivity contribution in [3.63, 3.8) is 0 Å². The largest absolute Gasteiger partial charge is 0.338 e. The Hall–Kier alpha value is -0.850. The molecular formula is C7H6IN3O. The second-order valence-corrected chi connectivity index (χ2v) is 3.67. The van der Waals surface area contributed by atoms with E-state index in [9.17, 15) is 4.79 Å². The van der Waals surface area contributed by atoms with Crippen molar-refractivity contribution < 1.29 is 0 Å². The van der Waals surface area contributed by atoms with Crippen molar-refractivity contribution in [2.45, 2.75) is 6.92 Å². The van der Waals surface area contributed by atoms with Gasteiger partial charge in [0.2, 0.25) is 0 Å². The number of rotatable bonds is 0. The number of nitrogens with zero attached hydrogens (tertiary/aromatic N) is 1. The van der Waals surface area contributed by atoms with Gasteiger partial charge in [-0.1, -0.05) is 0 Å². The number of aromatic nitrogens is 3. The molecule has 0 aliphatic rings. The molecule has 0 aliphatic carbocycles. The third-order valence-electron chi connectivity index (χ3n) is 1.61. The first-order valence-corrected chi connectivity index (χ1v) is 4.50. The van der Waals surface area contributed by atoms with Crippen molar-refractivity contribution in [2.24, 2.45) is 0 Å². The zero-order chi connectivity index (χ0) is 8.72. The topological polar surface area (TPSA) is 61.5 Å². The minimum Gasteiger partial charge on any atom is -0.338 e. The fraction of sp³-hybridized carbons (Fsp3) is 0.143. The van der Waals surface area contributed by atoms with Crippen LogP contribution in [0.1, 0.15) is 5.82 Å². The molecule has 5 heteroatoms. The molecule has 0 fully saturated rings. The fourth-order valence-corrected chi connectivity index (χ4v) is 1.64. The van der Waals surface area contributed by atoms with Gasteiger partial charge in [-0.2, -0.15) is 0 Å². The van der Waals surface area contributed by atoms with Crippen LogP contribution in [0, 0.1) is 10.5 Å².